The number of nitrogens with one attached hydrogen (secondary N) is 2. The number of carbonyl (C=O) groups is 1. The van der Waals surface area contributed by atoms with Gasteiger partial charge >= 0.3 is 5.97 Å². The molecule has 0 fully saturated rings. The van der Waals surface area contributed by atoms with Gasteiger partial charge in [0.1, 0.15) is 17.1 Å². The van der Waals surface area contributed by atoms with Crippen LogP contribution in [0.2, 0.25) is 0 Å². The Kier molecular flexibility index (Phi) is 14.6. The van der Waals surface area contributed by atoms with Crippen molar-refractivity contribution in [3.63, 3.8) is 0 Å². The zero-order valence-electron chi connectivity index (χ0n) is 27.8. The highest BCUT2D eigenvalue weighted by molar-refractivity contribution is 5.89. The Balaban J connectivity index is 1.35. The minimum absolute atomic E-state index is 0.248. The summed E-state index contributed by atoms with van der Waals surface area (Å²) >= 11 is 0. The highest BCUT2D eigenvalue weighted by Crippen LogP contribution is 2.42. The lowest BCUT2D eigenvalue weighted by atomic mass is 9.96. The lowest BCUT2D eigenvalue weighted by molar-refractivity contribution is -0.139. The Labute approximate surface area is 279 Å². The molecule has 0 saturated carbocycles. The molecule has 0 saturated heterocycles. The third kappa shape index (κ3) is 10.8. The molecule has 0 bridgehead atoms. The average molecular weight is 639 g/mol. The molecule has 47 heavy (non-hydrogen) atoms. The highest BCUT2D eigenvalue weighted by Gasteiger charge is 2.23. The Morgan fingerprint density at radius 1 is 0.638 bits per heavy atom. The summed E-state index contributed by atoms with van der Waals surface area (Å²) in [6.45, 7) is 2.39. The van der Waals surface area contributed by atoms with Crippen molar-refractivity contribution in [3.05, 3.63) is 93.2 Å². The zero-order chi connectivity index (χ0) is 33.3. The van der Waals surface area contributed by atoms with Crippen molar-refractivity contribution in [2.75, 3.05) is 23.8 Å². The first kappa shape index (κ1) is 35.5. The molecule has 0 aliphatic rings. The van der Waals surface area contributed by atoms with Crippen LogP contribution in [0.25, 0.3) is 22.3 Å². The molecule has 4 aromatic rings. The number of unbranched alkanes of at least 4 members (excludes halogenated alkanes) is 13. The molecule has 7 nitrogen and oxygen atoms in total. The van der Waals surface area contributed by atoms with E-state index < -0.39 is 23.4 Å². The van der Waals surface area contributed by atoms with Crippen LogP contribution in [0.1, 0.15) is 96.8 Å². The van der Waals surface area contributed by atoms with Crippen molar-refractivity contribution in [2.45, 2.75) is 96.8 Å². The van der Waals surface area contributed by atoms with E-state index in [1.807, 2.05) is 72.8 Å². The Bertz CT molecular complexity index is 1530. The number of aliphatic carboxylic acids is 1. The number of carboxylic acids is 1. The predicted octanol–water partition coefficient (Wildman–Crippen LogP) is 9.72. The summed E-state index contributed by atoms with van der Waals surface area (Å²) in [5.74, 6) is -0.653. The minimum Gasteiger partial charge on any atom is -0.481 e. The number of anilines is 3. The summed E-state index contributed by atoms with van der Waals surface area (Å²) in [7, 11) is 0. The number of hydrogen-bond acceptors (Lipinski definition) is 6. The molecule has 0 heterocycles. The molecule has 0 spiro atoms. The molecule has 0 unspecified atom stereocenters. The van der Waals surface area contributed by atoms with Crippen molar-refractivity contribution in [2.24, 2.45) is 0 Å². The van der Waals surface area contributed by atoms with Crippen LogP contribution in [-0.2, 0) is 4.79 Å². The van der Waals surface area contributed by atoms with E-state index in [2.05, 4.69) is 17.6 Å². The molecule has 0 atom stereocenters. The first-order valence-corrected chi connectivity index (χ1v) is 17.5. The normalized spacial score (nSPS) is 11.1. The van der Waals surface area contributed by atoms with E-state index >= 15 is 0 Å². The van der Waals surface area contributed by atoms with Crippen LogP contribution in [-0.4, -0.2) is 24.2 Å². The third-order valence-corrected chi connectivity index (χ3v) is 8.61. The Morgan fingerprint density at radius 2 is 1.09 bits per heavy atom. The van der Waals surface area contributed by atoms with Crippen molar-refractivity contribution in [1.29, 1.82) is 0 Å². The first-order chi connectivity index (χ1) is 23.0. The number of rotatable bonds is 23. The van der Waals surface area contributed by atoms with E-state index in [1.165, 1.54) is 77.0 Å². The van der Waals surface area contributed by atoms with Gasteiger partial charge < -0.3 is 20.5 Å². The summed E-state index contributed by atoms with van der Waals surface area (Å²) < 4.78 is 5.86. The second-order valence-electron chi connectivity index (χ2n) is 12.4. The topological polar surface area (TPSA) is 105 Å². The van der Waals surface area contributed by atoms with E-state index in [4.69, 9.17) is 4.74 Å². The van der Waals surface area contributed by atoms with Gasteiger partial charge in [-0.1, -0.05) is 151 Å². The van der Waals surface area contributed by atoms with Gasteiger partial charge in [0.05, 0.1) is 0 Å². The van der Waals surface area contributed by atoms with Gasteiger partial charge in [0, 0.05) is 23.4 Å². The molecule has 4 rings (SSSR count). The largest absolute Gasteiger partial charge is 0.481 e. The minimum atomic E-state index is -1.08. The molecule has 0 amide bonds. The molecule has 0 aromatic heterocycles. The fourth-order valence-electron chi connectivity index (χ4n) is 6.01. The quantitative estimate of drug-likeness (QED) is 0.0549. The number of ether oxygens (including phenoxy) is 1. The van der Waals surface area contributed by atoms with Crippen molar-refractivity contribution < 1.29 is 14.6 Å². The Hall–Kier alpha value is -4.39. The lowest BCUT2D eigenvalue weighted by Crippen LogP contribution is -2.36. The van der Waals surface area contributed by atoms with Crippen LogP contribution in [0, 0.1) is 0 Å². The van der Waals surface area contributed by atoms with Gasteiger partial charge in [0.15, 0.2) is 6.61 Å². The summed E-state index contributed by atoms with van der Waals surface area (Å²) in [4.78, 5) is 36.7. The van der Waals surface area contributed by atoms with Gasteiger partial charge in [-0.25, -0.2) is 4.79 Å². The number of benzene rings is 3. The van der Waals surface area contributed by atoms with Crippen molar-refractivity contribution in [3.8, 4) is 28.0 Å². The smallest absolute Gasteiger partial charge is 0.341 e. The summed E-state index contributed by atoms with van der Waals surface area (Å²) in [5.41, 5.74) is 3.10. The number of hydrogen-bond donors (Lipinski definition) is 3. The van der Waals surface area contributed by atoms with Crippen LogP contribution >= 0.6 is 0 Å². The maximum absolute atomic E-state index is 12.7. The summed E-state index contributed by atoms with van der Waals surface area (Å²) in [6.07, 6.45) is 17.9. The third-order valence-electron chi connectivity index (χ3n) is 8.61. The van der Waals surface area contributed by atoms with E-state index in [9.17, 15) is 19.5 Å². The molecule has 0 radical (unpaired) electrons. The van der Waals surface area contributed by atoms with Gasteiger partial charge in [0.2, 0.25) is 0 Å². The van der Waals surface area contributed by atoms with Gasteiger partial charge in [-0.05, 0) is 29.7 Å². The fourth-order valence-corrected chi connectivity index (χ4v) is 6.01. The second-order valence-corrected chi connectivity index (χ2v) is 12.4. The van der Waals surface area contributed by atoms with Gasteiger partial charge in [-0.3, -0.25) is 9.59 Å². The molecular formula is C40H50N2O5. The van der Waals surface area contributed by atoms with Crippen LogP contribution in [0.5, 0.6) is 5.75 Å². The molecule has 4 aromatic carbocycles. The maximum atomic E-state index is 12.7. The maximum Gasteiger partial charge on any atom is 0.341 e. The highest BCUT2D eigenvalue weighted by atomic mass is 16.5. The fraction of sp³-hybridized carbons (Fsp3) is 0.425. The monoisotopic (exact) mass is 638 g/mol. The SMILES string of the molecule is CCCCCCCCCCCCCCCCNc1c(Nc2cc(-c3ccccc3)c(OCC(=O)O)c(-c3ccccc3)c2)c(=O)c1=O. The van der Waals surface area contributed by atoms with Gasteiger partial charge in [0.25, 0.3) is 10.9 Å². The summed E-state index contributed by atoms with van der Waals surface area (Å²) in [5, 5.41) is 15.8. The van der Waals surface area contributed by atoms with E-state index in [0.29, 0.717) is 34.8 Å². The predicted molar refractivity (Wildman–Crippen MR) is 194 cm³/mol. The van der Waals surface area contributed by atoms with Gasteiger partial charge in [-0.2, -0.15) is 0 Å². The lowest BCUT2D eigenvalue weighted by Gasteiger charge is -2.20. The zero-order valence-corrected chi connectivity index (χ0v) is 27.8. The molecule has 250 valence electrons. The molecule has 7 heteroatoms. The molecule has 3 N–H and O–H groups in total. The van der Waals surface area contributed by atoms with Crippen LogP contribution in [0.15, 0.2) is 82.4 Å². The number of carboxylic acid groups (broad SMARTS) is 1. The molecule has 0 aliphatic carbocycles. The molecular weight excluding hydrogens is 588 g/mol. The standard InChI is InChI=1S/C40H50N2O5/c1-2-3-4-5-6-7-8-9-10-11-12-13-14-21-26-41-36-37(39(46)38(36)45)42-32-27-33(30-22-17-15-18-23-30)40(47-29-35(43)44)34(28-32)31-24-19-16-20-25-31/h15-20,22-25,27-28,41-42H,2-14,21,26,29H2,1H3,(H,43,44). The average Bonchev–Trinajstić information content (AvgIpc) is 3.10. The Morgan fingerprint density at radius 3 is 1.55 bits per heavy atom. The van der Waals surface area contributed by atoms with E-state index in [1.54, 1.807) is 0 Å². The summed E-state index contributed by atoms with van der Waals surface area (Å²) in [6, 6.07) is 22.7. The van der Waals surface area contributed by atoms with Crippen LogP contribution < -0.4 is 26.2 Å². The van der Waals surface area contributed by atoms with E-state index in [0.717, 1.165) is 24.0 Å². The molecule has 0 aliphatic heterocycles. The van der Waals surface area contributed by atoms with Crippen molar-refractivity contribution >= 4 is 23.0 Å². The van der Waals surface area contributed by atoms with Crippen LogP contribution in [0.4, 0.5) is 17.1 Å². The first-order valence-electron chi connectivity index (χ1n) is 17.5. The van der Waals surface area contributed by atoms with Crippen LogP contribution in [0.3, 0.4) is 0 Å². The van der Waals surface area contributed by atoms with Crippen molar-refractivity contribution in [1.82, 2.24) is 0 Å². The second kappa shape index (κ2) is 19.3. The van der Waals surface area contributed by atoms with E-state index in [-0.39, 0.29) is 5.69 Å². The van der Waals surface area contributed by atoms with Gasteiger partial charge in [-0.15, -0.1) is 0 Å².